The van der Waals surface area contributed by atoms with Crippen LogP contribution in [-0.2, 0) is 11.2 Å². The standard InChI is InChI=1S/C20H33N3O3/c1-4-26-13-11-20(9-5-10-20)15-23-19(21)22-12-8-16-6-7-17(24-2)18(14-16)25-3/h6-7,14H,4-5,8-13,15H2,1-3H3,(H3,21,22,23). The Kier molecular flexibility index (Phi) is 8.04. The molecule has 0 spiro atoms. The molecule has 0 aliphatic heterocycles. The Morgan fingerprint density at radius 3 is 2.62 bits per heavy atom. The van der Waals surface area contributed by atoms with E-state index in [-0.39, 0.29) is 0 Å². The van der Waals surface area contributed by atoms with Gasteiger partial charge in [-0.1, -0.05) is 12.5 Å². The summed E-state index contributed by atoms with van der Waals surface area (Å²) in [5.41, 5.74) is 7.50. The van der Waals surface area contributed by atoms with Gasteiger partial charge >= 0.3 is 0 Å². The minimum Gasteiger partial charge on any atom is -0.493 e. The largest absolute Gasteiger partial charge is 0.493 e. The molecule has 1 saturated carbocycles. The van der Waals surface area contributed by atoms with Crippen LogP contribution in [0.3, 0.4) is 0 Å². The summed E-state index contributed by atoms with van der Waals surface area (Å²) in [5.74, 6) is 2.00. The molecule has 0 unspecified atom stereocenters. The fraction of sp³-hybridized carbons (Fsp3) is 0.650. The molecule has 0 saturated heterocycles. The van der Waals surface area contributed by atoms with Crippen molar-refractivity contribution in [1.82, 2.24) is 5.32 Å². The highest BCUT2D eigenvalue weighted by atomic mass is 16.5. The summed E-state index contributed by atoms with van der Waals surface area (Å²) in [6.45, 7) is 5.15. The van der Waals surface area contributed by atoms with Crippen LogP contribution in [0.1, 0.15) is 38.2 Å². The number of hydrogen-bond donors (Lipinski definition) is 2. The van der Waals surface area contributed by atoms with E-state index in [1.807, 2.05) is 25.1 Å². The summed E-state index contributed by atoms with van der Waals surface area (Å²) in [5, 5.41) is 3.21. The molecule has 0 atom stereocenters. The van der Waals surface area contributed by atoms with Crippen molar-refractivity contribution in [2.75, 3.05) is 40.5 Å². The lowest BCUT2D eigenvalue weighted by atomic mass is 9.67. The summed E-state index contributed by atoms with van der Waals surface area (Å²) in [7, 11) is 3.28. The van der Waals surface area contributed by atoms with Gasteiger partial charge in [0.25, 0.3) is 0 Å². The third-order valence-electron chi connectivity index (χ3n) is 5.15. The van der Waals surface area contributed by atoms with Crippen molar-refractivity contribution in [3.63, 3.8) is 0 Å². The van der Waals surface area contributed by atoms with Crippen LogP contribution in [0.4, 0.5) is 0 Å². The lowest BCUT2D eigenvalue weighted by molar-refractivity contribution is 0.0609. The summed E-state index contributed by atoms with van der Waals surface area (Å²) in [4.78, 5) is 4.57. The zero-order valence-corrected chi connectivity index (χ0v) is 16.3. The molecule has 2 rings (SSSR count). The third kappa shape index (κ3) is 5.80. The van der Waals surface area contributed by atoms with Gasteiger partial charge in [0.2, 0.25) is 0 Å². The SMILES string of the molecule is CCOCCC1(CN=C(N)NCCc2ccc(OC)c(OC)c2)CCC1. The topological polar surface area (TPSA) is 78.1 Å². The molecule has 1 aliphatic rings. The molecule has 0 radical (unpaired) electrons. The predicted molar refractivity (Wildman–Crippen MR) is 105 cm³/mol. The van der Waals surface area contributed by atoms with Crippen LogP contribution in [-0.4, -0.2) is 46.5 Å². The van der Waals surface area contributed by atoms with Gasteiger partial charge in [0.1, 0.15) is 0 Å². The first-order chi connectivity index (χ1) is 12.6. The van der Waals surface area contributed by atoms with E-state index in [1.54, 1.807) is 14.2 Å². The highest BCUT2D eigenvalue weighted by molar-refractivity contribution is 5.77. The summed E-state index contributed by atoms with van der Waals surface area (Å²) < 4.78 is 16.1. The number of methoxy groups -OCH3 is 2. The zero-order valence-electron chi connectivity index (χ0n) is 16.3. The maximum absolute atomic E-state index is 6.04. The minimum atomic E-state index is 0.296. The molecule has 0 amide bonds. The Bertz CT molecular complexity index is 586. The third-order valence-corrected chi connectivity index (χ3v) is 5.15. The van der Waals surface area contributed by atoms with Crippen molar-refractivity contribution >= 4 is 5.96 Å². The van der Waals surface area contributed by atoms with Crippen LogP contribution in [0.25, 0.3) is 0 Å². The first-order valence-corrected chi connectivity index (χ1v) is 9.45. The first kappa shape index (κ1) is 20.4. The van der Waals surface area contributed by atoms with Gasteiger partial charge in [-0.3, -0.25) is 4.99 Å². The van der Waals surface area contributed by atoms with Crippen molar-refractivity contribution < 1.29 is 14.2 Å². The van der Waals surface area contributed by atoms with E-state index in [0.717, 1.165) is 56.2 Å². The smallest absolute Gasteiger partial charge is 0.188 e. The molecule has 1 fully saturated rings. The first-order valence-electron chi connectivity index (χ1n) is 9.45. The highest BCUT2D eigenvalue weighted by Crippen LogP contribution is 2.44. The van der Waals surface area contributed by atoms with Crippen molar-refractivity contribution in [2.45, 2.75) is 39.0 Å². The normalized spacial score (nSPS) is 16.0. The summed E-state index contributed by atoms with van der Waals surface area (Å²) >= 11 is 0. The van der Waals surface area contributed by atoms with E-state index >= 15 is 0 Å². The predicted octanol–water partition coefficient (Wildman–Crippen LogP) is 2.75. The summed E-state index contributed by atoms with van der Waals surface area (Å²) in [6.07, 6.45) is 5.65. The molecule has 1 aromatic rings. The quantitative estimate of drug-likeness (QED) is 0.359. The Balaban J connectivity index is 1.77. The number of hydrogen-bond acceptors (Lipinski definition) is 4. The Morgan fingerprint density at radius 1 is 1.23 bits per heavy atom. The van der Waals surface area contributed by atoms with Crippen molar-refractivity contribution in [1.29, 1.82) is 0 Å². The molecule has 1 aromatic carbocycles. The van der Waals surface area contributed by atoms with Crippen LogP contribution >= 0.6 is 0 Å². The minimum absolute atomic E-state index is 0.296. The second-order valence-corrected chi connectivity index (χ2v) is 6.87. The van der Waals surface area contributed by atoms with Crippen molar-refractivity contribution in [3.05, 3.63) is 23.8 Å². The van der Waals surface area contributed by atoms with E-state index in [1.165, 1.54) is 19.3 Å². The van der Waals surface area contributed by atoms with Gasteiger partial charge < -0.3 is 25.3 Å². The van der Waals surface area contributed by atoms with Gasteiger partial charge in [0.15, 0.2) is 17.5 Å². The number of rotatable bonds is 11. The number of aliphatic imine (C=N–C) groups is 1. The Labute approximate surface area is 157 Å². The number of nitrogens with zero attached hydrogens (tertiary/aromatic N) is 1. The summed E-state index contributed by atoms with van der Waals surface area (Å²) in [6, 6.07) is 5.95. The number of ether oxygens (including phenoxy) is 3. The molecule has 6 nitrogen and oxygen atoms in total. The molecule has 146 valence electrons. The van der Waals surface area contributed by atoms with Gasteiger partial charge in [-0.2, -0.15) is 0 Å². The number of benzene rings is 1. The molecule has 6 heteroatoms. The Morgan fingerprint density at radius 2 is 2.00 bits per heavy atom. The van der Waals surface area contributed by atoms with Gasteiger partial charge in [-0.25, -0.2) is 0 Å². The zero-order chi connectivity index (χ0) is 18.8. The van der Waals surface area contributed by atoms with Gasteiger partial charge in [0, 0.05) is 26.3 Å². The van der Waals surface area contributed by atoms with Crippen molar-refractivity contribution in [2.24, 2.45) is 16.1 Å². The monoisotopic (exact) mass is 363 g/mol. The van der Waals surface area contributed by atoms with Crippen LogP contribution < -0.4 is 20.5 Å². The molecular formula is C20H33N3O3. The lowest BCUT2D eigenvalue weighted by Gasteiger charge is -2.40. The van der Waals surface area contributed by atoms with Crippen LogP contribution in [0, 0.1) is 5.41 Å². The van der Waals surface area contributed by atoms with E-state index < -0.39 is 0 Å². The van der Waals surface area contributed by atoms with Crippen LogP contribution in [0.5, 0.6) is 11.5 Å². The van der Waals surface area contributed by atoms with Crippen LogP contribution in [0.2, 0.25) is 0 Å². The molecule has 0 heterocycles. The average molecular weight is 364 g/mol. The number of nitrogens with two attached hydrogens (primary N) is 1. The molecule has 0 aromatic heterocycles. The highest BCUT2D eigenvalue weighted by Gasteiger charge is 2.36. The second kappa shape index (κ2) is 10.3. The van der Waals surface area contributed by atoms with E-state index in [2.05, 4.69) is 10.3 Å². The average Bonchev–Trinajstić information content (AvgIpc) is 2.63. The lowest BCUT2D eigenvalue weighted by Crippen LogP contribution is -2.38. The van der Waals surface area contributed by atoms with E-state index in [0.29, 0.717) is 11.4 Å². The molecule has 3 N–H and O–H groups in total. The second-order valence-electron chi connectivity index (χ2n) is 6.87. The Hall–Kier alpha value is -1.95. The number of nitrogens with one attached hydrogen (secondary N) is 1. The van der Waals surface area contributed by atoms with E-state index in [9.17, 15) is 0 Å². The van der Waals surface area contributed by atoms with Gasteiger partial charge in [0.05, 0.1) is 14.2 Å². The fourth-order valence-corrected chi connectivity index (χ4v) is 3.28. The van der Waals surface area contributed by atoms with Gasteiger partial charge in [-0.05, 0) is 55.7 Å². The molecular weight excluding hydrogens is 330 g/mol. The number of guanidine groups is 1. The molecule has 26 heavy (non-hydrogen) atoms. The maximum atomic E-state index is 6.04. The van der Waals surface area contributed by atoms with Crippen molar-refractivity contribution in [3.8, 4) is 11.5 Å². The van der Waals surface area contributed by atoms with Crippen LogP contribution in [0.15, 0.2) is 23.2 Å². The van der Waals surface area contributed by atoms with E-state index in [4.69, 9.17) is 19.9 Å². The molecule has 1 aliphatic carbocycles. The molecule has 0 bridgehead atoms. The fourth-order valence-electron chi connectivity index (χ4n) is 3.28. The van der Waals surface area contributed by atoms with Gasteiger partial charge in [-0.15, -0.1) is 0 Å². The maximum Gasteiger partial charge on any atom is 0.188 e.